The van der Waals surface area contributed by atoms with Crippen LogP contribution in [0.5, 0.6) is 0 Å². The summed E-state index contributed by atoms with van der Waals surface area (Å²) < 4.78 is 5.17. The Morgan fingerprint density at radius 3 is 2.89 bits per heavy atom. The highest BCUT2D eigenvalue weighted by atomic mass is 35.5. The highest BCUT2D eigenvalue weighted by Crippen LogP contribution is 2.25. The van der Waals surface area contributed by atoms with Gasteiger partial charge in [0.1, 0.15) is 0 Å². The van der Waals surface area contributed by atoms with Crippen molar-refractivity contribution in [2.75, 3.05) is 33.4 Å². The molecule has 2 aliphatic heterocycles. The largest absolute Gasteiger partial charge is 0.384 e. The number of ether oxygens (including phenoxy) is 1. The van der Waals surface area contributed by atoms with Crippen molar-refractivity contribution in [3.05, 3.63) is 0 Å². The van der Waals surface area contributed by atoms with Crippen LogP contribution >= 0.6 is 12.4 Å². The molecule has 2 atom stereocenters. The number of hydrogen-bond donors (Lipinski definition) is 1. The molecule has 106 valence electrons. The molecule has 0 aromatic carbocycles. The molecular weight excluding hydrogens is 252 g/mol. The summed E-state index contributed by atoms with van der Waals surface area (Å²) in [5.41, 5.74) is -0.319. The zero-order chi connectivity index (χ0) is 12.3. The van der Waals surface area contributed by atoms with Gasteiger partial charge in [0.2, 0.25) is 5.91 Å². The van der Waals surface area contributed by atoms with Crippen molar-refractivity contribution in [1.29, 1.82) is 0 Å². The minimum absolute atomic E-state index is 0. The van der Waals surface area contributed by atoms with Gasteiger partial charge in [-0.05, 0) is 39.2 Å². The van der Waals surface area contributed by atoms with Crippen LogP contribution in [0.25, 0.3) is 0 Å². The topological polar surface area (TPSA) is 41.6 Å². The number of nitrogens with one attached hydrogen (secondary N) is 1. The second kappa shape index (κ2) is 6.73. The normalized spacial score (nSPS) is 32.1. The summed E-state index contributed by atoms with van der Waals surface area (Å²) in [5.74, 6) is 0.812. The fourth-order valence-corrected chi connectivity index (χ4v) is 2.98. The van der Waals surface area contributed by atoms with E-state index in [1.54, 1.807) is 7.11 Å². The van der Waals surface area contributed by atoms with Crippen LogP contribution in [-0.4, -0.2) is 49.7 Å². The van der Waals surface area contributed by atoms with Gasteiger partial charge in [0.25, 0.3) is 0 Å². The molecule has 18 heavy (non-hydrogen) atoms. The predicted octanol–water partition coefficient (Wildman–Crippen LogP) is 1.44. The molecule has 2 fully saturated rings. The van der Waals surface area contributed by atoms with E-state index in [1.807, 2.05) is 4.90 Å². The molecule has 0 saturated carbocycles. The van der Waals surface area contributed by atoms with Crippen LogP contribution in [0.3, 0.4) is 0 Å². The minimum Gasteiger partial charge on any atom is -0.384 e. The first kappa shape index (κ1) is 15.7. The highest BCUT2D eigenvalue weighted by molar-refractivity contribution is 5.86. The maximum absolute atomic E-state index is 12.5. The molecule has 1 amide bonds. The molecule has 2 unspecified atom stereocenters. The minimum atomic E-state index is -0.319. The fraction of sp³-hybridized carbons (Fsp3) is 0.923. The summed E-state index contributed by atoms with van der Waals surface area (Å²) in [6.45, 7) is 5.55. The number of likely N-dealkylation sites (tertiary alicyclic amines) is 1. The molecule has 0 radical (unpaired) electrons. The van der Waals surface area contributed by atoms with Crippen LogP contribution in [0.4, 0.5) is 0 Å². The van der Waals surface area contributed by atoms with E-state index in [2.05, 4.69) is 12.2 Å². The average Bonchev–Trinajstić information content (AvgIpc) is 2.78. The lowest BCUT2D eigenvalue weighted by Gasteiger charge is -2.36. The fourth-order valence-electron chi connectivity index (χ4n) is 2.98. The molecule has 0 aromatic heterocycles. The molecule has 2 heterocycles. The van der Waals surface area contributed by atoms with E-state index in [9.17, 15) is 4.79 Å². The maximum atomic E-state index is 12.5. The van der Waals surface area contributed by atoms with Gasteiger partial charge in [-0.1, -0.05) is 0 Å². The molecule has 0 spiro atoms. The summed E-state index contributed by atoms with van der Waals surface area (Å²) in [6.07, 6.45) is 4.40. The number of nitrogens with zero attached hydrogens (tertiary/aromatic N) is 1. The van der Waals surface area contributed by atoms with Gasteiger partial charge in [-0.25, -0.2) is 0 Å². The van der Waals surface area contributed by atoms with Gasteiger partial charge in [-0.15, -0.1) is 12.4 Å². The number of carbonyl (C=O) groups is 1. The van der Waals surface area contributed by atoms with Gasteiger partial charge < -0.3 is 15.0 Å². The molecular formula is C13H25ClN2O2. The molecule has 0 bridgehead atoms. The molecule has 5 heteroatoms. The second-order valence-corrected chi connectivity index (χ2v) is 5.58. The third kappa shape index (κ3) is 3.37. The first-order valence-electron chi connectivity index (χ1n) is 6.69. The lowest BCUT2D eigenvalue weighted by molar-refractivity contribution is -0.137. The molecule has 0 aliphatic carbocycles. The zero-order valence-corrected chi connectivity index (χ0v) is 12.2. The van der Waals surface area contributed by atoms with Crippen molar-refractivity contribution in [2.45, 2.75) is 38.1 Å². The van der Waals surface area contributed by atoms with Crippen LogP contribution in [0, 0.1) is 5.92 Å². The van der Waals surface area contributed by atoms with Crippen LogP contribution < -0.4 is 5.32 Å². The Morgan fingerprint density at radius 2 is 2.28 bits per heavy atom. The summed E-state index contributed by atoms with van der Waals surface area (Å²) in [7, 11) is 1.73. The Bertz CT molecular complexity index is 280. The monoisotopic (exact) mass is 276 g/mol. The summed E-state index contributed by atoms with van der Waals surface area (Å²) >= 11 is 0. The molecule has 2 saturated heterocycles. The standard InChI is InChI=1S/C13H24N2O2.ClH/c1-13(6-3-4-7-14-13)12(16)15-8-5-11(9-15)10-17-2;/h11,14H,3-10H2,1-2H3;1H. The number of hydrogen-bond acceptors (Lipinski definition) is 3. The third-order valence-electron chi connectivity index (χ3n) is 4.07. The SMILES string of the molecule is COCC1CCN(C(=O)C2(C)CCCCN2)C1.Cl. The smallest absolute Gasteiger partial charge is 0.242 e. The summed E-state index contributed by atoms with van der Waals surface area (Å²) in [5, 5.41) is 3.40. The van der Waals surface area contributed by atoms with Crippen molar-refractivity contribution in [3.8, 4) is 0 Å². The Morgan fingerprint density at radius 1 is 1.50 bits per heavy atom. The van der Waals surface area contributed by atoms with Gasteiger partial charge in [0, 0.05) is 26.1 Å². The Hall–Kier alpha value is -0.320. The number of methoxy groups -OCH3 is 1. The van der Waals surface area contributed by atoms with Crippen molar-refractivity contribution >= 4 is 18.3 Å². The van der Waals surface area contributed by atoms with Gasteiger partial charge in [0.05, 0.1) is 12.1 Å². The van der Waals surface area contributed by atoms with Gasteiger partial charge in [-0.3, -0.25) is 4.79 Å². The number of rotatable bonds is 3. The predicted molar refractivity (Wildman–Crippen MR) is 74.1 cm³/mol. The van der Waals surface area contributed by atoms with Crippen LogP contribution in [-0.2, 0) is 9.53 Å². The van der Waals surface area contributed by atoms with E-state index in [0.29, 0.717) is 5.92 Å². The molecule has 2 aliphatic rings. The number of halogens is 1. The quantitative estimate of drug-likeness (QED) is 0.848. The van der Waals surface area contributed by atoms with Crippen molar-refractivity contribution < 1.29 is 9.53 Å². The third-order valence-corrected chi connectivity index (χ3v) is 4.07. The first-order chi connectivity index (χ1) is 8.15. The van der Waals surface area contributed by atoms with Gasteiger partial charge in [-0.2, -0.15) is 0 Å². The van der Waals surface area contributed by atoms with Crippen LogP contribution in [0.15, 0.2) is 0 Å². The van der Waals surface area contributed by atoms with Crippen molar-refractivity contribution in [3.63, 3.8) is 0 Å². The lowest BCUT2D eigenvalue weighted by Crippen LogP contribution is -2.57. The van der Waals surface area contributed by atoms with Gasteiger partial charge in [0.15, 0.2) is 0 Å². The molecule has 2 rings (SSSR count). The lowest BCUT2D eigenvalue weighted by atomic mass is 9.89. The molecule has 0 aromatic rings. The number of piperidine rings is 1. The van der Waals surface area contributed by atoms with E-state index in [1.165, 1.54) is 6.42 Å². The van der Waals surface area contributed by atoms with Crippen LogP contribution in [0.1, 0.15) is 32.6 Å². The number of carbonyl (C=O) groups excluding carboxylic acids is 1. The van der Waals surface area contributed by atoms with Crippen LogP contribution in [0.2, 0.25) is 0 Å². The van der Waals surface area contributed by atoms with E-state index in [0.717, 1.165) is 45.5 Å². The van der Waals surface area contributed by atoms with Crippen molar-refractivity contribution in [1.82, 2.24) is 10.2 Å². The van der Waals surface area contributed by atoms with Gasteiger partial charge >= 0.3 is 0 Å². The maximum Gasteiger partial charge on any atom is 0.242 e. The molecule has 4 nitrogen and oxygen atoms in total. The number of amides is 1. The Kier molecular flexibility index (Phi) is 5.89. The first-order valence-corrected chi connectivity index (χ1v) is 6.69. The Balaban J connectivity index is 0.00000162. The summed E-state index contributed by atoms with van der Waals surface area (Å²) in [6, 6.07) is 0. The average molecular weight is 277 g/mol. The Labute approximate surface area is 116 Å². The zero-order valence-electron chi connectivity index (χ0n) is 11.4. The highest BCUT2D eigenvalue weighted by Gasteiger charge is 2.39. The second-order valence-electron chi connectivity index (χ2n) is 5.58. The van der Waals surface area contributed by atoms with E-state index >= 15 is 0 Å². The van der Waals surface area contributed by atoms with E-state index in [4.69, 9.17) is 4.74 Å². The molecule has 1 N–H and O–H groups in total. The summed E-state index contributed by atoms with van der Waals surface area (Å²) in [4.78, 5) is 14.5. The van der Waals surface area contributed by atoms with E-state index < -0.39 is 0 Å². The van der Waals surface area contributed by atoms with Crippen molar-refractivity contribution in [2.24, 2.45) is 5.92 Å². The van der Waals surface area contributed by atoms with E-state index in [-0.39, 0.29) is 23.9 Å².